The van der Waals surface area contributed by atoms with Gasteiger partial charge in [-0.05, 0) is 44.7 Å². The van der Waals surface area contributed by atoms with Gasteiger partial charge in [0.25, 0.3) is 5.56 Å². The number of nitrogens with zero attached hydrogens (tertiary/aromatic N) is 4. The standard InChI is InChI=1S/C19H28N4O3/c1-21-10-16(26-12-19(21)25)11-22-6-4-14(5-7-22)9-23-13-20-17(8-18(23)24)15-2-3-15/h8,13-16H,2-7,9-12H2,1H3. The first-order valence-electron chi connectivity index (χ1n) is 9.73. The van der Waals surface area contributed by atoms with Gasteiger partial charge in [-0.3, -0.25) is 14.2 Å². The second kappa shape index (κ2) is 7.48. The minimum atomic E-state index is 0.0618. The van der Waals surface area contributed by atoms with Crippen LogP contribution in [0.15, 0.2) is 17.2 Å². The molecule has 3 aliphatic rings. The average Bonchev–Trinajstić information content (AvgIpc) is 3.47. The molecular weight excluding hydrogens is 332 g/mol. The number of rotatable bonds is 5. The Labute approximate surface area is 153 Å². The van der Waals surface area contributed by atoms with Crippen molar-refractivity contribution in [3.63, 3.8) is 0 Å². The quantitative estimate of drug-likeness (QED) is 0.773. The van der Waals surface area contributed by atoms with Gasteiger partial charge < -0.3 is 14.5 Å². The number of hydrogen-bond acceptors (Lipinski definition) is 5. The number of carbonyl (C=O) groups is 1. The van der Waals surface area contributed by atoms with E-state index in [0.717, 1.165) is 44.7 Å². The lowest BCUT2D eigenvalue weighted by Crippen LogP contribution is -2.50. The summed E-state index contributed by atoms with van der Waals surface area (Å²) in [6, 6.07) is 1.73. The van der Waals surface area contributed by atoms with Crippen LogP contribution in [0.3, 0.4) is 0 Å². The summed E-state index contributed by atoms with van der Waals surface area (Å²) < 4.78 is 7.43. The van der Waals surface area contributed by atoms with Gasteiger partial charge in [0, 0.05) is 38.7 Å². The zero-order chi connectivity index (χ0) is 18.1. The summed E-state index contributed by atoms with van der Waals surface area (Å²) in [6.07, 6.45) is 6.35. The van der Waals surface area contributed by atoms with Crippen LogP contribution in [0.5, 0.6) is 0 Å². The van der Waals surface area contributed by atoms with Crippen LogP contribution >= 0.6 is 0 Å². The van der Waals surface area contributed by atoms with Gasteiger partial charge in [0.2, 0.25) is 5.91 Å². The number of likely N-dealkylation sites (N-methyl/N-ethyl adjacent to an activating group) is 1. The summed E-state index contributed by atoms with van der Waals surface area (Å²) in [7, 11) is 1.84. The van der Waals surface area contributed by atoms with E-state index in [-0.39, 0.29) is 24.2 Å². The van der Waals surface area contributed by atoms with E-state index in [0.29, 0.717) is 18.4 Å². The molecule has 142 valence electrons. The molecule has 1 unspecified atom stereocenters. The van der Waals surface area contributed by atoms with Crippen LogP contribution in [-0.4, -0.2) is 71.2 Å². The fourth-order valence-corrected chi connectivity index (χ4v) is 3.97. The fraction of sp³-hybridized carbons (Fsp3) is 0.737. The molecule has 1 aromatic rings. The maximum atomic E-state index is 12.3. The lowest BCUT2D eigenvalue weighted by molar-refractivity contribution is -0.148. The Bertz CT molecular complexity index is 707. The Hall–Kier alpha value is -1.73. The molecule has 0 bridgehead atoms. The van der Waals surface area contributed by atoms with Crippen molar-refractivity contribution in [3.8, 4) is 0 Å². The highest BCUT2D eigenvalue weighted by Crippen LogP contribution is 2.38. The highest BCUT2D eigenvalue weighted by Gasteiger charge is 2.28. The fourth-order valence-electron chi connectivity index (χ4n) is 3.97. The summed E-state index contributed by atoms with van der Waals surface area (Å²) in [5.74, 6) is 1.11. The predicted octanol–water partition coefficient (Wildman–Crippen LogP) is 0.690. The number of likely N-dealkylation sites (tertiary alicyclic amines) is 1. The number of aromatic nitrogens is 2. The van der Waals surface area contributed by atoms with Gasteiger partial charge in [0.1, 0.15) is 6.61 Å². The van der Waals surface area contributed by atoms with Crippen molar-refractivity contribution in [3.05, 3.63) is 28.4 Å². The predicted molar refractivity (Wildman–Crippen MR) is 97.0 cm³/mol. The minimum absolute atomic E-state index is 0.0618. The van der Waals surface area contributed by atoms with Crippen LogP contribution in [0.1, 0.15) is 37.3 Å². The number of amides is 1. The Morgan fingerprint density at radius 1 is 1.15 bits per heavy atom. The Morgan fingerprint density at radius 3 is 2.58 bits per heavy atom. The van der Waals surface area contributed by atoms with Crippen LogP contribution < -0.4 is 5.56 Å². The van der Waals surface area contributed by atoms with Crippen molar-refractivity contribution in [2.45, 2.75) is 44.2 Å². The highest BCUT2D eigenvalue weighted by molar-refractivity contribution is 5.77. The largest absolute Gasteiger partial charge is 0.365 e. The maximum absolute atomic E-state index is 12.3. The Kier molecular flexibility index (Phi) is 5.09. The van der Waals surface area contributed by atoms with Crippen molar-refractivity contribution in [1.82, 2.24) is 19.4 Å². The van der Waals surface area contributed by atoms with Crippen molar-refractivity contribution in [2.24, 2.45) is 5.92 Å². The van der Waals surface area contributed by atoms with E-state index >= 15 is 0 Å². The molecule has 0 spiro atoms. The summed E-state index contributed by atoms with van der Waals surface area (Å²) in [5, 5.41) is 0. The molecule has 3 heterocycles. The lowest BCUT2D eigenvalue weighted by Gasteiger charge is -2.37. The molecule has 0 aromatic carbocycles. The molecule has 3 fully saturated rings. The molecule has 7 heteroatoms. The van der Waals surface area contributed by atoms with Gasteiger partial charge in [-0.2, -0.15) is 0 Å². The van der Waals surface area contributed by atoms with Gasteiger partial charge in [-0.1, -0.05) is 0 Å². The molecule has 26 heavy (non-hydrogen) atoms. The van der Waals surface area contributed by atoms with Gasteiger partial charge in [0.15, 0.2) is 0 Å². The van der Waals surface area contributed by atoms with Gasteiger partial charge >= 0.3 is 0 Å². The smallest absolute Gasteiger partial charge is 0.253 e. The van der Waals surface area contributed by atoms with E-state index in [9.17, 15) is 9.59 Å². The van der Waals surface area contributed by atoms with Crippen LogP contribution in [-0.2, 0) is 16.1 Å². The summed E-state index contributed by atoms with van der Waals surface area (Å²) >= 11 is 0. The second-order valence-electron chi connectivity index (χ2n) is 8.03. The van der Waals surface area contributed by atoms with Crippen LogP contribution in [0, 0.1) is 5.92 Å². The molecule has 0 N–H and O–H groups in total. The molecule has 1 amide bonds. The molecule has 1 aromatic heterocycles. The molecule has 4 rings (SSSR count). The number of piperidine rings is 1. The van der Waals surface area contributed by atoms with E-state index in [1.54, 1.807) is 21.9 Å². The van der Waals surface area contributed by atoms with E-state index in [2.05, 4.69) is 9.88 Å². The summed E-state index contributed by atoms with van der Waals surface area (Å²) in [4.78, 5) is 32.4. The molecule has 0 radical (unpaired) electrons. The normalized spacial score (nSPS) is 25.7. The van der Waals surface area contributed by atoms with E-state index in [4.69, 9.17) is 4.74 Å². The SMILES string of the molecule is CN1CC(CN2CCC(Cn3cnc(C4CC4)cc3=O)CC2)OCC1=O. The monoisotopic (exact) mass is 360 g/mol. The lowest BCUT2D eigenvalue weighted by atomic mass is 9.96. The third-order valence-corrected chi connectivity index (χ3v) is 5.87. The van der Waals surface area contributed by atoms with Gasteiger partial charge in [-0.25, -0.2) is 4.98 Å². The third kappa shape index (κ3) is 4.15. The minimum Gasteiger partial charge on any atom is -0.365 e. The van der Waals surface area contributed by atoms with Crippen molar-refractivity contribution in [2.75, 3.05) is 39.8 Å². The van der Waals surface area contributed by atoms with Gasteiger partial charge in [-0.15, -0.1) is 0 Å². The number of morpholine rings is 1. The van der Waals surface area contributed by atoms with Crippen molar-refractivity contribution >= 4 is 5.91 Å². The van der Waals surface area contributed by atoms with Crippen molar-refractivity contribution in [1.29, 1.82) is 0 Å². The van der Waals surface area contributed by atoms with E-state index < -0.39 is 0 Å². The molecule has 2 saturated heterocycles. The highest BCUT2D eigenvalue weighted by atomic mass is 16.5. The molecule has 1 saturated carbocycles. The van der Waals surface area contributed by atoms with Crippen LogP contribution in [0.2, 0.25) is 0 Å². The molecular formula is C19H28N4O3. The first kappa shape index (κ1) is 17.7. The zero-order valence-electron chi connectivity index (χ0n) is 15.5. The summed E-state index contributed by atoms with van der Waals surface area (Å²) in [5.41, 5.74) is 1.06. The second-order valence-corrected chi connectivity index (χ2v) is 8.03. The zero-order valence-corrected chi connectivity index (χ0v) is 15.5. The maximum Gasteiger partial charge on any atom is 0.253 e. The summed E-state index contributed by atoms with van der Waals surface area (Å²) in [6.45, 7) is 4.55. The first-order valence-corrected chi connectivity index (χ1v) is 9.73. The number of hydrogen-bond donors (Lipinski definition) is 0. The van der Waals surface area contributed by atoms with Crippen LogP contribution in [0.25, 0.3) is 0 Å². The van der Waals surface area contributed by atoms with Crippen LogP contribution in [0.4, 0.5) is 0 Å². The number of ether oxygens (including phenoxy) is 1. The molecule has 1 aliphatic carbocycles. The molecule has 2 aliphatic heterocycles. The van der Waals surface area contributed by atoms with E-state index in [1.807, 2.05) is 7.05 Å². The molecule has 7 nitrogen and oxygen atoms in total. The Morgan fingerprint density at radius 2 is 1.92 bits per heavy atom. The third-order valence-electron chi connectivity index (χ3n) is 5.87. The average molecular weight is 360 g/mol. The topological polar surface area (TPSA) is 67.7 Å². The first-order chi connectivity index (χ1) is 12.6. The number of carbonyl (C=O) groups excluding carboxylic acids is 1. The Balaban J connectivity index is 1.25. The van der Waals surface area contributed by atoms with E-state index in [1.165, 1.54) is 12.8 Å². The van der Waals surface area contributed by atoms with Gasteiger partial charge in [0.05, 0.1) is 18.1 Å². The molecule has 1 atom stereocenters. The van der Waals surface area contributed by atoms with Crippen molar-refractivity contribution < 1.29 is 9.53 Å².